The molecule has 1 unspecified atom stereocenters. The van der Waals surface area contributed by atoms with E-state index in [1.54, 1.807) is 74.1 Å². The van der Waals surface area contributed by atoms with Gasteiger partial charge in [0, 0.05) is 32.1 Å². The SMILES string of the molecule is CNC(=O)c1ccc(C(C)Nc2nc3c(c(=O)n2-c2ccc(C(=O)NC)cc2)CC(C)=[N+](C(=O)c2ccc(Cl)c(Cl)c2)C3)cc1. The summed E-state index contributed by atoms with van der Waals surface area (Å²) in [5.41, 5.74) is 4.02. The average Bonchev–Trinajstić information content (AvgIpc) is 3.05. The van der Waals surface area contributed by atoms with E-state index in [1.165, 1.54) is 10.6 Å². The van der Waals surface area contributed by atoms with Gasteiger partial charge in [0.05, 0.1) is 39.3 Å². The van der Waals surface area contributed by atoms with Crippen molar-refractivity contribution in [3.8, 4) is 5.69 Å². The normalized spacial score (nSPS) is 13.1. The first-order chi connectivity index (χ1) is 21.5. The van der Waals surface area contributed by atoms with Crippen LogP contribution in [0.2, 0.25) is 10.0 Å². The fourth-order valence-electron chi connectivity index (χ4n) is 5.16. The Morgan fingerprint density at radius 1 is 0.867 bits per heavy atom. The number of benzene rings is 3. The molecular formula is C33H31Cl2N6O4+. The van der Waals surface area contributed by atoms with Crippen molar-refractivity contribution in [2.24, 2.45) is 0 Å². The van der Waals surface area contributed by atoms with Gasteiger partial charge in [0.2, 0.25) is 5.95 Å². The largest absolute Gasteiger partial charge is 0.419 e. The van der Waals surface area contributed by atoms with Crippen LogP contribution in [-0.2, 0) is 13.0 Å². The van der Waals surface area contributed by atoms with Crippen LogP contribution in [-0.4, -0.2) is 51.7 Å². The summed E-state index contributed by atoms with van der Waals surface area (Å²) in [6, 6.07) is 18.1. The number of halogens is 2. The number of nitrogens with zero attached hydrogens (tertiary/aromatic N) is 3. The summed E-state index contributed by atoms with van der Waals surface area (Å²) in [6.45, 7) is 3.80. The van der Waals surface area contributed by atoms with E-state index in [0.717, 1.165) is 5.56 Å². The fourth-order valence-corrected chi connectivity index (χ4v) is 5.46. The Bertz CT molecular complexity index is 1920. The van der Waals surface area contributed by atoms with Gasteiger partial charge in [-0.3, -0.25) is 14.4 Å². The minimum atomic E-state index is -0.323. The molecule has 0 saturated heterocycles. The molecule has 0 aliphatic carbocycles. The van der Waals surface area contributed by atoms with Crippen molar-refractivity contribution < 1.29 is 19.0 Å². The Hall–Kier alpha value is -4.80. The van der Waals surface area contributed by atoms with E-state index in [9.17, 15) is 19.2 Å². The molecule has 45 heavy (non-hydrogen) atoms. The van der Waals surface area contributed by atoms with Crippen LogP contribution in [0, 0.1) is 0 Å². The Balaban J connectivity index is 1.57. The Labute approximate surface area is 269 Å². The highest BCUT2D eigenvalue weighted by Gasteiger charge is 2.33. The maximum atomic E-state index is 14.2. The molecule has 3 N–H and O–H groups in total. The third-order valence-electron chi connectivity index (χ3n) is 7.74. The van der Waals surface area contributed by atoms with E-state index in [-0.39, 0.29) is 53.3 Å². The summed E-state index contributed by atoms with van der Waals surface area (Å²) < 4.78 is 3.06. The van der Waals surface area contributed by atoms with Crippen LogP contribution >= 0.6 is 23.2 Å². The molecule has 3 aromatic carbocycles. The van der Waals surface area contributed by atoms with Gasteiger partial charge in [-0.1, -0.05) is 35.3 Å². The molecule has 2 heterocycles. The first kappa shape index (κ1) is 31.6. The summed E-state index contributed by atoms with van der Waals surface area (Å²) in [5.74, 6) is -0.469. The van der Waals surface area contributed by atoms with Crippen LogP contribution in [0.1, 0.15) is 67.8 Å². The van der Waals surface area contributed by atoms with Gasteiger partial charge in [-0.05, 0) is 67.1 Å². The predicted octanol–water partition coefficient (Wildman–Crippen LogP) is 4.80. The minimum absolute atomic E-state index is 0.0792. The molecule has 1 aliphatic rings. The average molecular weight is 647 g/mol. The summed E-state index contributed by atoms with van der Waals surface area (Å²) >= 11 is 12.2. The molecule has 0 bridgehead atoms. The summed E-state index contributed by atoms with van der Waals surface area (Å²) in [4.78, 5) is 56.8. The molecule has 3 amide bonds. The molecule has 0 saturated carbocycles. The molecule has 10 nitrogen and oxygen atoms in total. The number of carbonyl (C=O) groups is 3. The van der Waals surface area contributed by atoms with Crippen molar-refractivity contribution in [3.05, 3.63) is 121 Å². The van der Waals surface area contributed by atoms with Crippen molar-refractivity contribution in [2.75, 3.05) is 19.4 Å². The van der Waals surface area contributed by atoms with Crippen molar-refractivity contribution >= 4 is 52.6 Å². The standard InChI is InChI=1S/C33H30Cl2N6O4/c1-18-15-25-28(17-40(18)31(44)23-11-14-26(34)27(35)16-23)39-33(38-19(2)20-5-7-21(8-6-20)29(42)36-3)41(32(25)45)24-12-9-22(10-13-24)30(43)37-4/h5-14,16,19H,15,17H2,1-4H3,(H2-,36,37,38,39,42,43,45)/p+1. The first-order valence-corrected chi connectivity index (χ1v) is 14.9. The lowest BCUT2D eigenvalue weighted by Crippen LogP contribution is -2.38. The summed E-state index contributed by atoms with van der Waals surface area (Å²) in [6.07, 6.45) is 0.210. The van der Waals surface area contributed by atoms with Crippen LogP contribution < -0.4 is 21.5 Å². The Morgan fingerprint density at radius 2 is 1.44 bits per heavy atom. The van der Waals surface area contributed by atoms with Gasteiger partial charge in [0.25, 0.3) is 17.4 Å². The molecule has 1 aromatic heterocycles. The number of amides is 3. The third-order valence-corrected chi connectivity index (χ3v) is 8.47. The monoisotopic (exact) mass is 645 g/mol. The number of anilines is 1. The van der Waals surface area contributed by atoms with E-state index in [2.05, 4.69) is 16.0 Å². The van der Waals surface area contributed by atoms with Crippen molar-refractivity contribution in [3.63, 3.8) is 0 Å². The van der Waals surface area contributed by atoms with Gasteiger partial charge in [-0.15, -0.1) is 0 Å². The number of fused-ring (bicyclic) bond motifs is 1. The number of hydrogen-bond donors (Lipinski definition) is 3. The number of aromatic nitrogens is 2. The lowest BCUT2D eigenvalue weighted by atomic mass is 10.0. The molecule has 0 spiro atoms. The minimum Gasteiger partial charge on any atom is -0.355 e. The van der Waals surface area contributed by atoms with Crippen molar-refractivity contribution in [1.82, 2.24) is 20.2 Å². The molecule has 0 radical (unpaired) electrons. The summed E-state index contributed by atoms with van der Waals surface area (Å²) in [5, 5.41) is 9.17. The third kappa shape index (κ3) is 6.38. The van der Waals surface area contributed by atoms with Gasteiger partial charge in [-0.2, -0.15) is 4.58 Å². The highest BCUT2D eigenvalue weighted by atomic mass is 35.5. The topological polar surface area (TPSA) is 125 Å². The molecule has 5 rings (SSSR count). The fraction of sp³-hybridized carbons (Fsp3) is 0.212. The molecule has 0 fully saturated rings. The second kappa shape index (κ2) is 13.1. The maximum absolute atomic E-state index is 14.2. The van der Waals surface area contributed by atoms with Gasteiger partial charge >= 0.3 is 5.91 Å². The quantitative estimate of drug-likeness (QED) is 0.248. The Kier molecular flexibility index (Phi) is 9.17. The lowest BCUT2D eigenvalue weighted by Gasteiger charge is -2.22. The molecular weight excluding hydrogens is 615 g/mol. The molecule has 12 heteroatoms. The molecule has 1 aliphatic heterocycles. The summed E-state index contributed by atoms with van der Waals surface area (Å²) in [7, 11) is 3.12. The van der Waals surface area contributed by atoms with Crippen molar-refractivity contribution in [2.45, 2.75) is 32.9 Å². The molecule has 230 valence electrons. The second-order valence-corrected chi connectivity index (χ2v) is 11.4. The van der Waals surface area contributed by atoms with Crippen LogP contribution in [0.25, 0.3) is 5.69 Å². The van der Waals surface area contributed by atoms with E-state index < -0.39 is 0 Å². The van der Waals surface area contributed by atoms with Gasteiger partial charge in [-0.25, -0.2) is 14.3 Å². The van der Waals surface area contributed by atoms with E-state index in [4.69, 9.17) is 28.2 Å². The van der Waals surface area contributed by atoms with Crippen LogP contribution in [0.4, 0.5) is 5.95 Å². The Morgan fingerprint density at radius 3 is 2.02 bits per heavy atom. The molecule has 4 aromatic rings. The molecule has 1 atom stereocenters. The highest BCUT2D eigenvalue weighted by molar-refractivity contribution is 6.42. The van der Waals surface area contributed by atoms with Crippen LogP contribution in [0.15, 0.2) is 71.5 Å². The number of rotatable bonds is 7. The smallest absolute Gasteiger partial charge is 0.355 e. The number of carbonyl (C=O) groups excluding carboxylic acids is 3. The predicted molar refractivity (Wildman–Crippen MR) is 174 cm³/mol. The number of hydrogen-bond acceptors (Lipinski definition) is 6. The maximum Gasteiger partial charge on any atom is 0.419 e. The van der Waals surface area contributed by atoms with Crippen LogP contribution in [0.3, 0.4) is 0 Å². The first-order valence-electron chi connectivity index (χ1n) is 14.2. The highest BCUT2D eigenvalue weighted by Crippen LogP contribution is 2.26. The zero-order valence-corrected chi connectivity index (χ0v) is 26.6. The van der Waals surface area contributed by atoms with Crippen LogP contribution in [0.5, 0.6) is 0 Å². The zero-order valence-electron chi connectivity index (χ0n) is 25.1. The number of nitrogens with one attached hydrogen (secondary N) is 3. The second-order valence-electron chi connectivity index (χ2n) is 10.6. The lowest BCUT2D eigenvalue weighted by molar-refractivity contribution is -0.450. The van der Waals surface area contributed by atoms with E-state index >= 15 is 0 Å². The zero-order chi connectivity index (χ0) is 32.4. The van der Waals surface area contributed by atoms with Gasteiger partial charge in [0.15, 0.2) is 12.3 Å². The van der Waals surface area contributed by atoms with Gasteiger partial charge in [0.1, 0.15) is 5.69 Å². The van der Waals surface area contributed by atoms with Gasteiger partial charge < -0.3 is 16.0 Å². The van der Waals surface area contributed by atoms with Crippen molar-refractivity contribution in [1.29, 1.82) is 0 Å². The van der Waals surface area contributed by atoms with E-state index in [0.29, 0.717) is 44.4 Å². The van der Waals surface area contributed by atoms with E-state index in [1.807, 2.05) is 19.1 Å².